The van der Waals surface area contributed by atoms with Crippen molar-refractivity contribution < 1.29 is 9.53 Å². The van der Waals surface area contributed by atoms with Crippen molar-refractivity contribution in [3.63, 3.8) is 0 Å². The number of hydrogen-bond acceptors (Lipinski definition) is 4. The summed E-state index contributed by atoms with van der Waals surface area (Å²) in [4.78, 5) is 13.7. The molecular formula is C8H12N4O2. The maximum Gasteiger partial charge on any atom is 0.309 e. The lowest BCUT2D eigenvalue weighted by molar-refractivity contribution is -0.146. The number of carbonyl (C=O) groups excluding carboxylic acids is 1. The highest BCUT2D eigenvalue weighted by Gasteiger charge is 2.13. The minimum absolute atomic E-state index is 0.209. The molecule has 0 aromatic heterocycles. The molecule has 0 rings (SSSR count). The highest BCUT2D eigenvalue weighted by molar-refractivity contribution is 5.72. The van der Waals surface area contributed by atoms with Gasteiger partial charge in [0.05, 0.1) is 5.92 Å². The zero-order valence-electron chi connectivity index (χ0n) is 8.01. The Balaban J connectivity index is 3.62. The zero-order valence-corrected chi connectivity index (χ0v) is 8.01. The van der Waals surface area contributed by atoms with Crippen LogP contribution in [0, 0.1) is 17.2 Å². The first-order valence-electron chi connectivity index (χ1n) is 4.26. The molecule has 0 saturated carbocycles. The van der Waals surface area contributed by atoms with Crippen molar-refractivity contribution in [2.24, 2.45) is 11.0 Å². The Bertz CT molecular complexity index is 265. The Morgan fingerprint density at radius 3 is 3.07 bits per heavy atom. The van der Waals surface area contributed by atoms with Gasteiger partial charge in [-0.3, -0.25) is 4.79 Å². The van der Waals surface area contributed by atoms with E-state index >= 15 is 0 Å². The van der Waals surface area contributed by atoms with Crippen molar-refractivity contribution in [2.45, 2.75) is 19.8 Å². The van der Waals surface area contributed by atoms with E-state index < -0.39 is 0 Å². The van der Waals surface area contributed by atoms with Gasteiger partial charge >= 0.3 is 5.97 Å². The molecule has 0 bridgehead atoms. The van der Waals surface area contributed by atoms with Crippen LogP contribution in [-0.4, -0.2) is 19.1 Å². The van der Waals surface area contributed by atoms with Crippen LogP contribution in [0.5, 0.6) is 0 Å². The van der Waals surface area contributed by atoms with Crippen LogP contribution in [0.25, 0.3) is 10.4 Å². The Labute approximate surface area is 82.1 Å². The first kappa shape index (κ1) is 12.3. The molecule has 0 aromatic carbocycles. The van der Waals surface area contributed by atoms with Crippen LogP contribution >= 0.6 is 0 Å². The summed E-state index contributed by atoms with van der Waals surface area (Å²) in [5, 5.41) is 11.5. The van der Waals surface area contributed by atoms with Crippen molar-refractivity contribution >= 4 is 5.97 Å². The molecule has 0 aliphatic rings. The van der Waals surface area contributed by atoms with E-state index in [4.69, 9.17) is 10.8 Å². The van der Waals surface area contributed by atoms with Crippen LogP contribution < -0.4 is 0 Å². The summed E-state index contributed by atoms with van der Waals surface area (Å²) in [5.41, 5.74) is 7.99. The molecule has 0 radical (unpaired) electrons. The average Bonchev–Trinajstić information content (AvgIpc) is 2.20. The smallest absolute Gasteiger partial charge is 0.309 e. The van der Waals surface area contributed by atoms with Crippen molar-refractivity contribution in [1.82, 2.24) is 0 Å². The molecule has 0 N–H and O–H groups in total. The van der Waals surface area contributed by atoms with E-state index in [2.05, 4.69) is 14.8 Å². The average molecular weight is 196 g/mol. The van der Waals surface area contributed by atoms with E-state index in [1.54, 1.807) is 13.0 Å². The van der Waals surface area contributed by atoms with Gasteiger partial charge in [-0.2, -0.15) is 5.26 Å². The van der Waals surface area contributed by atoms with E-state index in [-0.39, 0.29) is 18.5 Å². The molecule has 0 aliphatic carbocycles. The molecule has 0 heterocycles. The van der Waals surface area contributed by atoms with Crippen LogP contribution in [0.1, 0.15) is 19.8 Å². The molecule has 76 valence electrons. The summed E-state index contributed by atoms with van der Waals surface area (Å²) in [6.45, 7) is 1.89. The van der Waals surface area contributed by atoms with Crippen LogP contribution in [-0.2, 0) is 9.53 Å². The third-order valence-electron chi connectivity index (χ3n) is 1.64. The summed E-state index contributed by atoms with van der Waals surface area (Å²) >= 11 is 0. The summed E-state index contributed by atoms with van der Waals surface area (Å²) in [5.74, 6) is -0.635. The molecule has 14 heavy (non-hydrogen) atoms. The number of ether oxygens (including phenoxy) is 1. The van der Waals surface area contributed by atoms with Crippen LogP contribution in [0.3, 0.4) is 0 Å². The fourth-order valence-corrected chi connectivity index (χ4v) is 0.876. The number of nitriles is 1. The van der Waals surface area contributed by atoms with Crippen LogP contribution in [0.4, 0.5) is 0 Å². The van der Waals surface area contributed by atoms with E-state index in [0.29, 0.717) is 19.4 Å². The van der Waals surface area contributed by atoms with Gasteiger partial charge in [0.15, 0.2) is 6.61 Å². The van der Waals surface area contributed by atoms with E-state index in [1.165, 1.54) is 0 Å². The molecule has 0 aliphatic heterocycles. The zero-order chi connectivity index (χ0) is 10.8. The molecule has 1 atom stereocenters. The monoisotopic (exact) mass is 196 g/mol. The second kappa shape index (κ2) is 7.90. The molecule has 6 heteroatoms. The lowest BCUT2D eigenvalue weighted by Crippen LogP contribution is -2.15. The topological polar surface area (TPSA) is 98.9 Å². The maximum absolute atomic E-state index is 11.1. The minimum Gasteiger partial charge on any atom is -0.450 e. The predicted octanol–water partition coefficient (Wildman–Crippen LogP) is 1.78. The second-order valence-corrected chi connectivity index (χ2v) is 2.76. The quantitative estimate of drug-likeness (QED) is 0.213. The van der Waals surface area contributed by atoms with E-state index in [0.717, 1.165) is 0 Å². The van der Waals surface area contributed by atoms with Crippen LogP contribution in [0.15, 0.2) is 5.11 Å². The summed E-state index contributed by atoms with van der Waals surface area (Å²) < 4.78 is 4.61. The van der Waals surface area contributed by atoms with Gasteiger partial charge in [0.1, 0.15) is 6.07 Å². The molecule has 0 saturated heterocycles. The number of azide groups is 1. The van der Waals surface area contributed by atoms with Gasteiger partial charge in [-0.05, 0) is 18.4 Å². The minimum atomic E-state index is -0.382. The fraction of sp³-hybridized carbons (Fsp3) is 0.750. The SMILES string of the molecule is C[C@@H](CCCN=[N+]=[N-])C(=O)OCC#N. The maximum atomic E-state index is 11.1. The van der Waals surface area contributed by atoms with Crippen molar-refractivity contribution in [3.05, 3.63) is 10.4 Å². The summed E-state index contributed by atoms with van der Waals surface area (Å²) in [6, 6.07) is 1.72. The number of nitrogens with zero attached hydrogens (tertiary/aromatic N) is 4. The number of rotatable bonds is 6. The predicted molar refractivity (Wildman–Crippen MR) is 49.0 cm³/mol. The van der Waals surface area contributed by atoms with Gasteiger partial charge in [0.25, 0.3) is 0 Å². The van der Waals surface area contributed by atoms with Gasteiger partial charge in [-0.1, -0.05) is 12.0 Å². The van der Waals surface area contributed by atoms with Crippen molar-refractivity contribution in [1.29, 1.82) is 5.26 Å². The van der Waals surface area contributed by atoms with Crippen LogP contribution in [0.2, 0.25) is 0 Å². The van der Waals surface area contributed by atoms with E-state index in [1.807, 2.05) is 0 Å². The molecule has 0 spiro atoms. The largest absolute Gasteiger partial charge is 0.450 e. The Hall–Kier alpha value is -1.73. The molecule has 6 nitrogen and oxygen atoms in total. The first-order valence-corrected chi connectivity index (χ1v) is 4.26. The third-order valence-corrected chi connectivity index (χ3v) is 1.64. The van der Waals surface area contributed by atoms with Gasteiger partial charge in [-0.15, -0.1) is 0 Å². The lowest BCUT2D eigenvalue weighted by atomic mass is 10.1. The molecule has 0 aromatic rings. The van der Waals surface area contributed by atoms with Gasteiger partial charge in [0.2, 0.25) is 0 Å². The second-order valence-electron chi connectivity index (χ2n) is 2.76. The highest BCUT2D eigenvalue weighted by atomic mass is 16.5. The fourth-order valence-electron chi connectivity index (χ4n) is 0.876. The molecular weight excluding hydrogens is 184 g/mol. The number of hydrogen-bond donors (Lipinski definition) is 0. The van der Waals surface area contributed by atoms with Crippen molar-refractivity contribution in [3.8, 4) is 6.07 Å². The standard InChI is InChI=1S/C8H12N4O2/c1-7(3-2-5-11-12-10)8(13)14-6-4-9/h7H,2-3,5-6H2,1H3/t7-/m0/s1. The third kappa shape index (κ3) is 5.86. The van der Waals surface area contributed by atoms with E-state index in [9.17, 15) is 4.79 Å². The Morgan fingerprint density at radius 2 is 2.50 bits per heavy atom. The first-order chi connectivity index (χ1) is 6.72. The number of carbonyl (C=O) groups is 1. The Morgan fingerprint density at radius 1 is 1.79 bits per heavy atom. The summed E-state index contributed by atoms with van der Waals surface area (Å²) in [6.07, 6.45) is 1.25. The van der Waals surface area contributed by atoms with Gasteiger partial charge in [0, 0.05) is 11.5 Å². The Kier molecular flexibility index (Phi) is 6.92. The summed E-state index contributed by atoms with van der Waals surface area (Å²) in [7, 11) is 0. The normalized spacial score (nSPS) is 10.9. The molecule has 0 amide bonds. The van der Waals surface area contributed by atoms with Gasteiger partial charge < -0.3 is 4.74 Å². The van der Waals surface area contributed by atoms with Gasteiger partial charge in [-0.25, -0.2) is 0 Å². The molecule has 0 fully saturated rings. The molecule has 0 unspecified atom stereocenters. The lowest BCUT2D eigenvalue weighted by Gasteiger charge is -2.07. The number of esters is 1. The van der Waals surface area contributed by atoms with Crippen molar-refractivity contribution in [2.75, 3.05) is 13.2 Å². The highest BCUT2D eigenvalue weighted by Crippen LogP contribution is 2.07.